The van der Waals surface area contributed by atoms with E-state index in [2.05, 4.69) is 17.3 Å². The number of hydrogen-bond donors (Lipinski definition) is 1. The molecule has 1 aromatic rings. The molecule has 0 radical (unpaired) electrons. The quantitative estimate of drug-likeness (QED) is 0.827. The molecule has 0 saturated carbocycles. The zero-order chi connectivity index (χ0) is 17.6. The second-order valence-corrected chi connectivity index (χ2v) is 6.89. The summed E-state index contributed by atoms with van der Waals surface area (Å²) >= 11 is 0. The number of carbonyl (C=O) groups excluding carboxylic acids is 1. The predicted molar refractivity (Wildman–Crippen MR) is 97.0 cm³/mol. The molecule has 2 saturated heterocycles. The van der Waals surface area contributed by atoms with Crippen molar-refractivity contribution in [1.82, 2.24) is 15.1 Å². The van der Waals surface area contributed by atoms with E-state index < -0.39 is 0 Å². The molecule has 0 bridgehead atoms. The molecule has 2 amide bonds. The van der Waals surface area contributed by atoms with Crippen LogP contribution in [0, 0.1) is 6.92 Å². The number of rotatable bonds is 5. The van der Waals surface area contributed by atoms with Crippen molar-refractivity contribution in [3.8, 4) is 5.75 Å². The Balaban J connectivity index is 1.36. The molecule has 0 aromatic heterocycles. The van der Waals surface area contributed by atoms with Crippen molar-refractivity contribution in [2.24, 2.45) is 0 Å². The van der Waals surface area contributed by atoms with Crippen molar-refractivity contribution in [2.45, 2.75) is 31.9 Å². The summed E-state index contributed by atoms with van der Waals surface area (Å²) in [4.78, 5) is 16.6. The number of para-hydroxylation sites is 1. The Morgan fingerprint density at radius 2 is 2.20 bits per heavy atom. The summed E-state index contributed by atoms with van der Waals surface area (Å²) in [5, 5.41) is 3.01. The fraction of sp³-hybridized carbons (Fsp3) is 0.632. The number of likely N-dealkylation sites (tertiary alicyclic amines) is 1. The fourth-order valence-electron chi connectivity index (χ4n) is 3.51. The predicted octanol–water partition coefficient (Wildman–Crippen LogP) is 1.88. The van der Waals surface area contributed by atoms with Gasteiger partial charge in [0.15, 0.2) is 0 Å². The Hall–Kier alpha value is -1.79. The maximum absolute atomic E-state index is 12.4. The summed E-state index contributed by atoms with van der Waals surface area (Å²) in [5.74, 6) is 0.913. The van der Waals surface area contributed by atoms with Crippen LogP contribution in [0.4, 0.5) is 4.79 Å². The molecule has 1 aromatic carbocycles. The first kappa shape index (κ1) is 18.0. The standard InChI is InChI=1S/C19H29N3O3/c1-15-6-3-4-7-17(15)24-12-5-9-20-19(23)22-10-8-18-16(14-22)21(2)11-13-25-18/h3-4,6-7,16,18H,5,8-14H2,1-2H3,(H,20,23)/t16-,18-/m1/s1. The van der Waals surface area contributed by atoms with Gasteiger partial charge in [-0.05, 0) is 38.4 Å². The van der Waals surface area contributed by atoms with Gasteiger partial charge in [-0.2, -0.15) is 0 Å². The van der Waals surface area contributed by atoms with E-state index in [1.807, 2.05) is 36.1 Å². The maximum Gasteiger partial charge on any atom is 0.317 e. The van der Waals surface area contributed by atoms with Gasteiger partial charge in [0.05, 0.1) is 25.4 Å². The van der Waals surface area contributed by atoms with Gasteiger partial charge in [-0.25, -0.2) is 4.79 Å². The Labute approximate surface area is 150 Å². The lowest BCUT2D eigenvalue weighted by Gasteiger charge is -2.45. The monoisotopic (exact) mass is 347 g/mol. The number of morpholine rings is 1. The van der Waals surface area contributed by atoms with Gasteiger partial charge in [-0.1, -0.05) is 18.2 Å². The number of carbonyl (C=O) groups is 1. The number of aryl methyl sites for hydroxylation is 1. The lowest BCUT2D eigenvalue weighted by Crippen LogP contribution is -2.60. The number of nitrogens with zero attached hydrogens (tertiary/aromatic N) is 2. The zero-order valence-corrected chi connectivity index (χ0v) is 15.2. The number of fused-ring (bicyclic) bond motifs is 1. The van der Waals surface area contributed by atoms with Crippen molar-refractivity contribution in [3.05, 3.63) is 29.8 Å². The molecule has 2 heterocycles. The van der Waals surface area contributed by atoms with Gasteiger partial charge in [-0.3, -0.25) is 4.90 Å². The summed E-state index contributed by atoms with van der Waals surface area (Å²) in [6, 6.07) is 8.32. The molecule has 6 nitrogen and oxygen atoms in total. The number of amides is 2. The highest BCUT2D eigenvalue weighted by molar-refractivity contribution is 5.74. The van der Waals surface area contributed by atoms with Gasteiger partial charge in [0.2, 0.25) is 0 Å². The average molecular weight is 347 g/mol. The molecule has 1 N–H and O–H groups in total. The number of nitrogens with one attached hydrogen (secondary N) is 1. The van der Waals surface area contributed by atoms with Crippen LogP contribution in [0.1, 0.15) is 18.4 Å². The number of likely N-dealkylation sites (N-methyl/N-ethyl adjacent to an activating group) is 1. The highest BCUT2D eigenvalue weighted by atomic mass is 16.5. The van der Waals surface area contributed by atoms with Crippen LogP contribution >= 0.6 is 0 Å². The molecule has 138 valence electrons. The van der Waals surface area contributed by atoms with Crippen molar-refractivity contribution < 1.29 is 14.3 Å². The third kappa shape index (κ3) is 4.64. The first-order valence-electron chi connectivity index (χ1n) is 9.18. The van der Waals surface area contributed by atoms with Crippen LogP contribution in [0.2, 0.25) is 0 Å². The first-order chi connectivity index (χ1) is 12.1. The molecule has 0 unspecified atom stereocenters. The van der Waals surface area contributed by atoms with Crippen LogP contribution in [-0.4, -0.2) is 74.4 Å². The Bertz CT molecular complexity index is 581. The summed E-state index contributed by atoms with van der Waals surface area (Å²) in [7, 11) is 2.12. The van der Waals surface area contributed by atoms with Crippen LogP contribution in [0.25, 0.3) is 0 Å². The molecular formula is C19H29N3O3. The van der Waals surface area contributed by atoms with Gasteiger partial charge in [-0.15, -0.1) is 0 Å². The fourth-order valence-corrected chi connectivity index (χ4v) is 3.51. The van der Waals surface area contributed by atoms with Crippen LogP contribution in [0.3, 0.4) is 0 Å². The molecule has 2 aliphatic rings. The normalized spacial score (nSPS) is 23.8. The minimum Gasteiger partial charge on any atom is -0.493 e. The van der Waals surface area contributed by atoms with Crippen molar-refractivity contribution in [1.29, 1.82) is 0 Å². The third-order valence-corrected chi connectivity index (χ3v) is 5.10. The Morgan fingerprint density at radius 3 is 3.04 bits per heavy atom. The molecule has 2 atom stereocenters. The lowest BCUT2D eigenvalue weighted by molar-refractivity contribution is -0.0881. The van der Waals surface area contributed by atoms with E-state index in [0.29, 0.717) is 19.2 Å². The molecule has 3 rings (SSSR count). The second kappa shape index (κ2) is 8.54. The van der Waals surface area contributed by atoms with Gasteiger partial charge >= 0.3 is 6.03 Å². The van der Waals surface area contributed by atoms with Crippen LogP contribution < -0.4 is 10.1 Å². The van der Waals surface area contributed by atoms with Gasteiger partial charge in [0, 0.05) is 26.2 Å². The molecule has 6 heteroatoms. The summed E-state index contributed by atoms with van der Waals surface area (Å²) < 4.78 is 11.6. The van der Waals surface area contributed by atoms with Gasteiger partial charge in [0.25, 0.3) is 0 Å². The molecule has 0 spiro atoms. The minimum absolute atomic E-state index is 0.0216. The minimum atomic E-state index is 0.0216. The van der Waals surface area contributed by atoms with E-state index in [9.17, 15) is 4.79 Å². The molecule has 2 aliphatic heterocycles. The van der Waals surface area contributed by atoms with E-state index in [1.54, 1.807) is 0 Å². The first-order valence-corrected chi connectivity index (χ1v) is 9.18. The smallest absolute Gasteiger partial charge is 0.317 e. The zero-order valence-electron chi connectivity index (χ0n) is 15.2. The van der Waals surface area contributed by atoms with Crippen molar-refractivity contribution >= 4 is 6.03 Å². The second-order valence-electron chi connectivity index (χ2n) is 6.89. The highest BCUT2D eigenvalue weighted by Gasteiger charge is 2.36. The van der Waals surface area contributed by atoms with E-state index in [-0.39, 0.29) is 12.1 Å². The van der Waals surface area contributed by atoms with Crippen LogP contribution in [0.5, 0.6) is 5.75 Å². The number of urea groups is 1. The summed E-state index contributed by atoms with van der Waals surface area (Å²) in [6.45, 7) is 6.51. The number of hydrogen-bond acceptors (Lipinski definition) is 4. The van der Waals surface area contributed by atoms with Crippen LogP contribution in [-0.2, 0) is 4.74 Å². The van der Waals surface area contributed by atoms with Crippen molar-refractivity contribution in [2.75, 3.05) is 46.4 Å². The molecular weight excluding hydrogens is 318 g/mol. The SMILES string of the molecule is Cc1ccccc1OCCCNC(=O)N1CC[C@H]2OCCN(C)[C@@H]2C1. The van der Waals surface area contributed by atoms with E-state index in [1.165, 1.54) is 0 Å². The molecule has 0 aliphatic carbocycles. The largest absolute Gasteiger partial charge is 0.493 e. The van der Waals surface area contributed by atoms with E-state index in [4.69, 9.17) is 9.47 Å². The summed E-state index contributed by atoms with van der Waals surface area (Å²) in [6.07, 6.45) is 1.98. The van der Waals surface area contributed by atoms with E-state index >= 15 is 0 Å². The third-order valence-electron chi connectivity index (χ3n) is 5.10. The van der Waals surface area contributed by atoms with Crippen LogP contribution in [0.15, 0.2) is 24.3 Å². The topological polar surface area (TPSA) is 54.0 Å². The van der Waals surface area contributed by atoms with E-state index in [0.717, 1.165) is 50.4 Å². The molecule has 2 fully saturated rings. The Kier molecular flexibility index (Phi) is 6.15. The average Bonchev–Trinajstić information content (AvgIpc) is 2.63. The summed E-state index contributed by atoms with van der Waals surface area (Å²) in [5.41, 5.74) is 1.13. The maximum atomic E-state index is 12.4. The highest BCUT2D eigenvalue weighted by Crippen LogP contribution is 2.22. The van der Waals surface area contributed by atoms with Gasteiger partial charge < -0.3 is 19.7 Å². The lowest BCUT2D eigenvalue weighted by atomic mass is 9.99. The molecule has 25 heavy (non-hydrogen) atoms. The van der Waals surface area contributed by atoms with Crippen molar-refractivity contribution in [3.63, 3.8) is 0 Å². The number of ether oxygens (including phenoxy) is 2. The Morgan fingerprint density at radius 1 is 1.36 bits per heavy atom. The van der Waals surface area contributed by atoms with Gasteiger partial charge in [0.1, 0.15) is 5.75 Å². The number of benzene rings is 1. The number of piperidine rings is 1.